The van der Waals surface area contributed by atoms with Gasteiger partial charge in [0.2, 0.25) is 5.13 Å². The van der Waals surface area contributed by atoms with Crippen molar-refractivity contribution < 1.29 is 9.18 Å². The Balaban J connectivity index is 1.69. The molecule has 3 aromatic rings. The summed E-state index contributed by atoms with van der Waals surface area (Å²) in [7, 11) is 0. The van der Waals surface area contributed by atoms with Gasteiger partial charge in [0.05, 0.1) is 5.69 Å². The van der Waals surface area contributed by atoms with Gasteiger partial charge in [0.15, 0.2) is 0 Å². The molecule has 3 rings (SSSR count). The zero-order valence-corrected chi connectivity index (χ0v) is 14.0. The van der Waals surface area contributed by atoms with Gasteiger partial charge in [-0.3, -0.25) is 5.32 Å². The van der Waals surface area contributed by atoms with Crippen molar-refractivity contribution in [2.45, 2.75) is 0 Å². The topological polar surface area (TPSA) is 66.9 Å². The van der Waals surface area contributed by atoms with Crippen LogP contribution >= 0.6 is 27.3 Å². The van der Waals surface area contributed by atoms with Crippen molar-refractivity contribution in [1.29, 1.82) is 0 Å². The van der Waals surface area contributed by atoms with Gasteiger partial charge in [0.1, 0.15) is 10.8 Å². The molecule has 0 unspecified atom stereocenters. The molecule has 5 nitrogen and oxygen atoms in total. The number of halogens is 2. The number of anilines is 2. The van der Waals surface area contributed by atoms with E-state index in [2.05, 4.69) is 36.8 Å². The molecule has 0 spiro atoms. The number of amides is 2. The third-order valence-corrected chi connectivity index (χ3v) is 4.22. The summed E-state index contributed by atoms with van der Waals surface area (Å²) in [5, 5.41) is 13.9. The number of nitrogens with one attached hydrogen (secondary N) is 2. The molecule has 0 aliphatic heterocycles. The lowest BCUT2D eigenvalue weighted by molar-refractivity contribution is 0.262. The highest BCUT2D eigenvalue weighted by Gasteiger charge is 2.11. The second-order valence-corrected chi connectivity index (χ2v) is 6.37. The molecule has 23 heavy (non-hydrogen) atoms. The molecule has 2 N–H and O–H groups in total. The smallest absolute Gasteiger partial charge is 0.305 e. The van der Waals surface area contributed by atoms with E-state index in [1.807, 2.05) is 24.3 Å². The summed E-state index contributed by atoms with van der Waals surface area (Å²) in [5.74, 6) is -0.505. The minimum atomic E-state index is -0.577. The van der Waals surface area contributed by atoms with Gasteiger partial charge >= 0.3 is 6.03 Å². The van der Waals surface area contributed by atoms with E-state index in [-0.39, 0.29) is 5.69 Å². The van der Waals surface area contributed by atoms with Crippen LogP contribution in [0.3, 0.4) is 0 Å². The molecule has 2 aromatic carbocycles. The molecular weight excluding hydrogens is 383 g/mol. The van der Waals surface area contributed by atoms with Crippen molar-refractivity contribution >= 4 is 44.1 Å². The molecule has 0 atom stereocenters. The molecule has 8 heteroatoms. The maximum atomic E-state index is 13.5. The van der Waals surface area contributed by atoms with Crippen LogP contribution in [0.2, 0.25) is 0 Å². The molecular formula is C15H10BrFN4OS. The first kappa shape index (κ1) is 15.6. The number of carbonyl (C=O) groups excluding carboxylic acids is 1. The molecule has 1 aromatic heterocycles. The molecule has 0 saturated heterocycles. The first-order valence-corrected chi connectivity index (χ1v) is 8.15. The normalized spacial score (nSPS) is 10.3. The lowest BCUT2D eigenvalue weighted by Gasteiger charge is -2.05. The molecule has 0 bridgehead atoms. The Kier molecular flexibility index (Phi) is 4.63. The van der Waals surface area contributed by atoms with Gasteiger partial charge in [-0.2, -0.15) is 0 Å². The van der Waals surface area contributed by atoms with E-state index in [4.69, 9.17) is 0 Å². The fourth-order valence-corrected chi connectivity index (χ4v) is 2.96. The van der Waals surface area contributed by atoms with Crippen molar-refractivity contribution in [1.82, 2.24) is 10.2 Å². The number of urea groups is 1. The minimum absolute atomic E-state index is 0.0988. The van der Waals surface area contributed by atoms with Gasteiger partial charge in [0, 0.05) is 10.0 Å². The fourth-order valence-electron chi connectivity index (χ4n) is 1.83. The van der Waals surface area contributed by atoms with Crippen LogP contribution in [0.1, 0.15) is 0 Å². The zero-order valence-electron chi connectivity index (χ0n) is 11.6. The standard InChI is InChI=1S/C15H10BrFN4OS/c16-10-5-3-4-9(8-10)13-20-21-15(23-13)19-14(22)18-12-7-2-1-6-11(12)17/h1-8H,(H2,18,19,21,22). The summed E-state index contributed by atoms with van der Waals surface area (Å²) in [6.45, 7) is 0. The zero-order chi connectivity index (χ0) is 16.2. The number of carbonyl (C=O) groups is 1. The van der Waals surface area contributed by atoms with Crippen LogP contribution in [0.5, 0.6) is 0 Å². The van der Waals surface area contributed by atoms with Crippen molar-refractivity contribution in [3.63, 3.8) is 0 Å². The monoisotopic (exact) mass is 392 g/mol. The number of nitrogens with zero attached hydrogens (tertiary/aromatic N) is 2. The molecule has 0 aliphatic carbocycles. The Morgan fingerprint density at radius 3 is 2.70 bits per heavy atom. The van der Waals surface area contributed by atoms with Crippen LogP contribution in [-0.2, 0) is 0 Å². The van der Waals surface area contributed by atoms with Gasteiger partial charge in [0.25, 0.3) is 0 Å². The molecule has 0 aliphatic rings. The van der Waals surface area contributed by atoms with Crippen molar-refractivity contribution in [2.24, 2.45) is 0 Å². The van der Waals surface area contributed by atoms with Crippen LogP contribution < -0.4 is 10.6 Å². The van der Waals surface area contributed by atoms with Crippen LogP contribution in [-0.4, -0.2) is 16.2 Å². The Hall–Kier alpha value is -2.32. The lowest BCUT2D eigenvalue weighted by atomic mass is 10.2. The largest absolute Gasteiger partial charge is 0.325 e. The maximum absolute atomic E-state index is 13.5. The summed E-state index contributed by atoms with van der Waals surface area (Å²) in [5.41, 5.74) is 0.987. The molecule has 0 saturated carbocycles. The van der Waals surface area contributed by atoms with Gasteiger partial charge in [-0.25, -0.2) is 9.18 Å². The van der Waals surface area contributed by atoms with Crippen LogP contribution in [0.4, 0.5) is 20.0 Å². The third-order valence-electron chi connectivity index (χ3n) is 2.84. The number of hydrogen-bond acceptors (Lipinski definition) is 4. The summed E-state index contributed by atoms with van der Waals surface area (Å²) in [6.07, 6.45) is 0. The number of rotatable bonds is 3. The van der Waals surface area contributed by atoms with Gasteiger partial charge in [-0.1, -0.05) is 51.5 Å². The fraction of sp³-hybridized carbons (Fsp3) is 0. The lowest BCUT2D eigenvalue weighted by Crippen LogP contribution is -2.19. The summed E-state index contributed by atoms with van der Waals surface area (Å²) in [4.78, 5) is 11.9. The predicted molar refractivity (Wildman–Crippen MR) is 92.1 cm³/mol. The van der Waals surface area contributed by atoms with E-state index in [1.165, 1.54) is 23.5 Å². The Labute approximate surface area is 143 Å². The van der Waals surface area contributed by atoms with Crippen molar-refractivity contribution in [3.05, 3.63) is 58.8 Å². The number of aromatic nitrogens is 2. The van der Waals surface area contributed by atoms with E-state index in [0.29, 0.717) is 10.1 Å². The second-order valence-electron chi connectivity index (χ2n) is 4.48. The molecule has 116 valence electrons. The first-order valence-electron chi connectivity index (χ1n) is 6.54. The van der Waals surface area contributed by atoms with Gasteiger partial charge in [-0.15, -0.1) is 10.2 Å². The predicted octanol–water partition coefficient (Wildman–Crippen LogP) is 4.75. The summed E-state index contributed by atoms with van der Waals surface area (Å²) in [6, 6.07) is 12.9. The van der Waals surface area contributed by atoms with E-state index in [1.54, 1.807) is 12.1 Å². The van der Waals surface area contributed by atoms with E-state index in [0.717, 1.165) is 10.0 Å². The van der Waals surface area contributed by atoms with Crippen LogP contribution in [0.25, 0.3) is 10.6 Å². The summed E-state index contributed by atoms with van der Waals surface area (Å²) >= 11 is 4.62. The average molecular weight is 393 g/mol. The highest BCUT2D eigenvalue weighted by atomic mass is 79.9. The highest BCUT2D eigenvalue weighted by Crippen LogP contribution is 2.28. The van der Waals surface area contributed by atoms with Gasteiger partial charge < -0.3 is 5.32 Å². The SMILES string of the molecule is O=C(Nc1nnc(-c2cccc(Br)c2)s1)Nc1ccccc1F. The second kappa shape index (κ2) is 6.84. The number of para-hydroxylation sites is 1. The molecule has 0 radical (unpaired) electrons. The number of hydrogen-bond donors (Lipinski definition) is 2. The highest BCUT2D eigenvalue weighted by molar-refractivity contribution is 9.10. The Morgan fingerprint density at radius 1 is 1.09 bits per heavy atom. The average Bonchev–Trinajstić information content (AvgIpc) is 2.98. The van der Waals surface area contributed by atoms with Crippen molar-refractivity contribution in [2.75, 3.05) is 10.6 Å². The van der Waals surface area contributed by atoms with E-state index in [9.17, 15) is 9.18 Å². The quantitative estimate of drug-likeness (QED) is 0.675. The Bertz CT molecular complexity index is 855. The molecule has 2 amide bonds. The van der Waals surface area contributed by atoms with Crippen LogP contribution in [0, 0.1) is 5.82 Å². The van der Waals surface area contributed by atoms with Crippen molar-refractivity contribution in [3.8, 4) is 10.6 Å². The van der Waals surface area contributed by atoms with Gasteiger partial charge in [-0.05, 0) is 24.3 Å². The molecule has 0 fully saturated rings. The van der Waals surface area contributed by atoms with E-state index < -0.39 is 11.8 Å². The number of benzene rings is 2. The first-order chi connectivity index (χ1) is 11.1. The van der Waals surface area contributed by atoms with Crippen LogP contribution in [0.15, 0.2) is 53.0 Å². The molecule has 1 heterocycles. The summed E-state index contributed by atoms with van der Waals surface area (Å²) < 4.78 is 14.4. The minimum Gasteiger partial charge on any atom is -0.305 e. The Morgan fingerprint density at radius 2 is 1.91 bits per heavy atom. The third kappa shape index (κ3) is 3.91. The van der Waals surface area contributed by atoms with E-state index >= 15 is 0 Å². The maximum Gasteiger partial charge on any atom is 0.325 e.